The molecule has 0 radical (unpaired) electrons. The first-order valence-electron chi connectivity index (χ1n) is 5.36. The Kier molecular flexibility index (Phi) is 3.94. The van der Waals surface area contributed by atoms with E-state index in [2.05, 4.69) is 0 Å². The predicted octanol–water partition coefficient (Wildman–Crippen LogP) is 3.71. The molecule has 0 heterocycles. The van der Waals surface area contributed by atoms with E-state index in [4.69, 9.17) is 11.6 Å². The van der Waals surface area contributed by atoms with Gasteiger partial charge in [0.05, 0.1) is 10.8 Å². The molecule has 1 unspecified atom stereocenters. The van der Waals surface area contributed by atoms with Crippen LogP contribution in [0.4, 0.5) is 0 Å². The number of halogens is 1. The van der Waals surface area contributed by atoms with E-state index in [1.54, 1.807) is 48.5 Å². The lowest BCUT2D eigenvalue weighted by Gasteiger charge is -2.03. The molecular formula is C14H11ClO2S. The first-order valence-corrected chi connectivity index (χ1v) is 6.89. The Labute approximate surface area is 113 Å². The van der Waals surface area contributed by atoms with Gasteiger partial charge in [-0.1, -0.05) is 23.7 Å². The molecule has 4 heteroatoms. The Bertz CT molecular complexity index is 588. The second kappa shape index (κ2) is 5.46. The van der Waals surface area contributed by atoms with Crippen LogP contribution in [-0.2, 0) is 10.8 Å². The van der Waals surface area contributed by atoms with Gasteiger partial charge in [0, 0.05) is 20.4 Å². The average Bonchev–Trinajstić information content (AvgIpc) is 2.39. The highest BCUT2D eigenvalue weighted by atomic mass is 35.5. The second-order valence-electron chi connectivity index (χ2n) is 3.80. The van der Waals surface area contributed by atoms with Crippen molar-refractivity contribution in [1.82, 2.24) is 0 Å². The third-order valence-corrected chi connectivity index (χ3v) is 4.16. The van der Waals surface area contributed by atoms with E-state index in [0.717, 1.165) is 0 Å². The van der Waals surface area contributed by atoms with Crippen molar-refractivity contribution in [2.45, 2.75) is 16.7 Å². The van der Waals surface area contributed by atoms with Crippen molar-refractivity contribution in [3.8, 4) is 0 Å². The van der Waals surface area contributed by atoms with Gasteiger partial charge in [-0.25, -0.2) is 4.21 Å². The maximum Gasteiger partial charge on any atom is 0.159 e. The third-order valence-electron chi connectivity index (χ3n) is 2.50. The number of ketones is 1. The van der Waals surface area contributed by atoms with E-state index in [9.17, 15) is 9.00 Å². The van der Waals surface area contributed by atoms with E-state index in [1.165, 1.54) is 6.92 Å². The molecule has 0 spiro atoms. The lowest BCUT2D eigenvalue weighted by molar-refractivity contribution is 0.101. The Morgan fingerprint density at radius 2 is 1.39 bits per heavy atom. The molecule has 18 heavy (non-hydrogen) atoms. The van der Waals surface area contributed by atoms with Crippen molar-refractivity contribution in [2.75, 3.05) is 0 Å². The zero-order valence-electron chi connectivity index (χ0n) is 9.72. The summed E-state index contributed by atoms with van der Waals surface area (Å²) in [6.45, 7) is 1.51. The number of hydrogen-bond acceptors (Lipinski definition) is 2. The zero-order chi connectivity index (χ0) is 13.1. The summed E-state index contributed by atoms with van der Waals surface area (Å²) in [5.74, 6) is -0.00109. The molecule has 0 aliphatic carbocycles. The topological polar surface area (TPSA) is 34.1 Å². The highest BCUT2D eigenvalue weighted by Crippen LogP contribution is 2.19. The molecule has 0 saturated carbocycles. The van der Waals surface area contributed by atoms with Crippen molar-refractivity contribution in [3.63, 3.8) is 0 Å². The van der Waals surface area contributed by atoms with Crippen LogP contribution in [0.2, 0.25) is 5.02 Å². The van der Waals surface area contributed by atoms with Gasteiger partial charge < -0.3 is 0 Å². The van der Waals surface area contributed by atoms with Crippen molar-refractivity contribution in [2.24, 2.45) is 0 Å². The monoisotopic (exact) mass is 278 g/mol. The quantitative estimate of drug-likeness (QED) is 0.802. The summed E-state index contributed by atoms with van der Waals surface area (Å²) in [5, 5.41) is 0.614. The fraction of sp³-hybridized carbons (Fsp3) is 0.0714. The molecule has 0 amide bonds. The molecule has 0 aliphatic heterocycles. The Morgan fingerprint density at radius 1 is 0.944 bits per heavy atom. The molecule has 2 rings (SSSR count). The van der Waals surface area contributed by atoms with Crippen molar-refractivity contribution in [3.05, 3.63) is 59.1 Å². The Hall–Kier alpha value is -1.45. The summed E-state index contributed by atoms with van der Waals surface area (Å²) >= 11 is 5.78. The van der Waals surface area contributed by atoms with Gasteiger partial charge in [0.2, 0.25) is 0 Å². The Balaban J connectivity index is 2.28. The van der Waals surface area contributed by atoms with Gasteiger partial charge in [-0.2, -0.15) is 0 Å². The van der Waals surface area contributed by atoms with Crippen LogP contribution in [0.5, 0.6) is 0 Å². The average molecular weight is 279 g/mol. The second-order valence-corrected chi connectivity index (χ2v) is 5.72. The smallest absolute Gasteiger partial charge is 0.159 e. The molecule has 0 saturated heterocycles. The normalized spacial score (nSPS) is 12.1. The summed E-state index contributed by atoms with van der Waals surface area (Å²) in [4.78, 5) is 12.5. The molecule has 1 atom stereocenters. The summed E-state index contributed by atoms with van der Waals surface area (Å²) in [6.07, 6.45) is 0. The van der Waals surface area contributed by atoms with Gasteiger partial charge in [-0.3, -0.25) is 4.79 Å². The van der Waals surface area contributed by atoms with Gasteiger partial charge in [0.1, 0.15) is 0 Å². The van der Waals surface area contributed by atoms with Crippen LogP contribution in [0.3, 0.4) is 0 Å². The summed E-state index contributed by atoms with van der Waals surface area (Å²) in [6, 6.07) is 13.7. The van der Waals surface area contributed by atoms with Gasteiger partial charge in [0.15, 0.2) is 5.78 Å². The number of carbonyl (C=O) groups is 1. The molecule has 2 nitrogen and oxygen atoms in total. The largest absolute Gasteiger partial charge is 0.295 e. The summed E-state index contributed by atoms with van der Waals surface area (Å²) in [7, 11) is -1.25. The SMILES string of the molecule is CC(=O)c1ccc(S(=O)c2ccc(Cl)cc2)cc1. The van der Waals surface area contributed by atoms with E-state index >= 15 is 0 Å². The zero-order valence-corrected chi connectivity index (χ0v) is 11.3. The lowest BCUT2D eigenvalue weighted by atomic mass is 10.2. The summed E-state index contributed by atoms with van der Waals surface area (Å²) < 4.78 is 12.2. The standard InChI is InChI=1S/C14H11ClO2S/c1-10(16)11-2-6-13(7-3-11)18(17)14-8-4-12(15)5-9-14/h2-9H,1H3. The predicted molar refractivity (Wildman–Crippen MR) is 72.6 cm³/mol. The van der Waals surface area contributed by atoms with E-state index in [0.29, 0.717) is 20.4 Å². The van der Waals surface area contributed by atoms with Crippen LogP contribution in [0.1, 0.15) is 17.3 Å². The van der Waals surface area contributed by atoms with E-state index < -0.39 is 10.8 Å². The van der Waals surface area contributed by atoms with Crippen LogP contribution in [0.15, 0.2) is 58.3 Å². The molecule has 92 valence electrons. The number of rotatable bonds is 3. The van der Waals surface area contributed by atoms with Crippen LogP contribution < -0.4 is 0 Å². The van der Waals surface area contributed by atoms with Crippen molar-refractivity contribution >= 4 is 28.2 Å². The molecule has 0 bridgehead atoms. The van der Waals surface area contributed by atoms with Gasteiger partial charge in [-0.05, 0) is 43.3 Å². The van der Waals surface area contributed by atoms with Gasteiger partial charge >= 0.3 is 0 Å². The first-order chi connectivity index (χ1) is 8.58. The maximum atomic E-state index is 12.2. The minimum Gasteiger partial charge on any atom is -0.295 e. The molecule has 2 aromatic carbocycles. The number of benzene rings is 2. The van der Waals surface area contributed by atoms with Crippen LogP contribution >= 0.6 is 11.6 Å². The van der Waals surface area contributed by atoms with Gasteiger partial charge in [0.25, 0.3) is 0 Å². The molecule has 0 aliphatic rings. The molecule has 0 fully saturated rings. The van der Waals surface area contributed by atoms with E-state index in [-0.39, 0.29) is 5.78 Å². The lowest BCUT2D eigenvalue weighted by Crippen LogP contribution is -1.95. The van der Waals surface area contributed by atoms with Crippen LogP contribution in [0.25, 0.3) is 0 Å². The van der Waals surface area contributed by atoms with E-state index in [1.807, 2.05) is 0 Å². The molecule has 2 aromatic rings. The highest BCUT2D eigenvalue weighted by molar-refractivity contribution is 7.85. The van der Waals surface area contributed by atoms with Gasteiger partial charge in [-0.15, -0.1) is 0 Å². The number of carbonyl (C=O) groups excluding carboxylic acids is 1. The van der Waals surface area contributed by atoms with Crippen LogP contribution in [-0.4, -0.2) is 9.99 Å². The Morgan fingerprint density at radius 3 is 1.83 bits per heavy atom. The fourth-order valence-corrected chi connectivity index (χ4v) is 2.67. The molecule has 0 aromatic heterocycles. The molecule has 0 N–H and O–H groups in total. The number of Topliss-reactive ketones (excluding diaryl/α,β-unsaturated/α-hetero) is 1. The summed E-state index contributed by atoms with van der Waals surface area (Å²) in [5.41, 5.74) is 0.617. The molecular weight excluding hydrogens is 268 g/mol. The van der Waals surface area contributed by atoms with Crippen LogP contribution in [0, 0.1) is 0 Å². The number of hydrogen-bond donors (Lipinski definition) is 0. The first kappa shape index (κ1) is 13.0. The minimum absolute atomic E-state index is 0.00109. The van der Waals surface area contributed by atoms with Crippen molar-refractivity contribution < 1.29 is 9.00 Å². The van der Waals surface area contributed by atoms with Crippen molar-refractivity contribution in [1.29, 1.82) is 0 Å². The fourth-order valence-electron chi connectivity index (χ4n) is 1.51. The highest BCUT2D eigenvalue weighted by Gasteiger charge is 2.07. The minimum atomic E-state index is -1.25. The maximum absolute atomic E-state index is 12.2. The third kappa shape index (κ3) is 2.86.